The van der Waals surface area contributed by atoms with Crippen LogP contribution in [0.1, 0.15) is 13.8 Å². The Morgan fingerprint density at radius 2 is 2.08 bits per heavy atom. The number of hydrogen-bond donors (Lipinski definition) is 2. The zero-order chi connectivity index (χ0) is 9.90. The van der Waals surface area contributed by atoms with Gasteiger partial charge >= 0.3 is 0 Å². The molecule has 0 aromatic carbocycles. The molecule has 1 fully saturated rings. The average molecular weight is 188 g/mol. The molecule has 13 heavy (non-hydrogen) atoms. The second kappa shape index (κ2) is 4.04. The van der Waals surface area contributed by atoms with Crippen LogP contribution in [0.5, 0.6) is 0 Å². The molecule has 0 unspecified atom stereocenters. The van der Waals surface area contributed by atoms with Crippen LogP contribution in [0, 0.1) is 0 Å². The number of primary amides is 1. The topological polar surface area (TPSA) is 73.6 Å². The van der Waals surface area contributed by atoms with Gasteiger partial charge in [-0.2, -0.15) is 0 Å². The lowest BCUT2D eigenvalue weighted by molar-refractivity contribution is -0.252. The molecule has 0 aliphatic carbocycles. The number of amides is 1. The molecule has 0 radical (unpaired) electrons. The van der Waals surface area contributed by atoms with Gasteiger partial charge in [0.05, 0.1) is 25.8 Å². The van der Waals surface area contributed by atoms with Crippen molar-refractivity contribution in [1.29, 1.82) is 0 Å². The number of ether oxygens (including phenoxy) is 2. The van der Waals surface area contributed by atoms with Crippen LogP contribution < -0.4 is 11.1 Å². The fourth-order valence-corrected chi connectivity index (χ4v) is 1.06. The Morgan fingerprint density at radius 1 is 1.54 bits per heavy atom. The van der Waals surface area contributed by atoms with E-state index >= 15 is 0 Å². The summed E-state index contributed by atoms with van der Waals surface area (Å²) in [5.74, 6) is -0.880. The van der Waals surface area contributed by atoms with Crippen molar-refractivity contribution in [3.63, 3.8) is 0 Å². The lowest BCUT2D eigenvalue weighted by Crippen LogP contribution is -2.50. The van der Waals surface area contributed by atoms with E-state index in [2.05, 4.69) is 5.32 Å². The normalized spacial score (nSPS) is 22.9. The van der Waals surface area contributed by atoms with Crippen LogP contribution >= 0.6 is 0 Å². The molecule has 1 aliphatic rings. The number of rotatable bonds is 3. The number of nitrogens with one attached hydrogen (secondary N) is 1. The standard InChI is InChI=1S/C8H16N2O3/c1-8(2)12-4-6(5-13-8)10-3-7(9)11/h6,10H,3-5H2,1-2H3,(H2,9,11). The third kappa shape index (κ3) is 3.71. The van der Waals surface area contributed by atoms with Crippen molar-refractivity contribution in [2.24, 2.45) is 5.73 Å². The first-order valence-corrected chi connectivity index (χ1v) is 4.29. The van der Waals surface area contributed by atoms with E-state index in [0.29, 0.717) is 13.2 Å². The molecular weight excluding hydrogens is 172 g/mol. The van der Waals surface area contributed by atoms with Crippen molar-refractivity contribution in [3.8, 4) is 0 Å². The van der Waals surface area contributed by atoms with Gasteiger partial charge < -0.3 is 20.5 Å². The summed E-state index contributed by atoms with van der Waals surface area (Å²) in [5.41, 5.74) is 4.98. The maximum absolute atomic E-state index is 10.4. The van der Waals surface area contributed by atoms with E-state index in [1.54, 1.807) is 0 Å². The molecule has 0 aromatic rings. The maximum Gasteiger partial charge on any atom is 0.231 e. The highest BCUT2D eigenvalue weighted by atomic mass is 16.7. The summed E-state index contributed by atoms with van der Waals surface area (Å²) in [5, 5.41) is 2.93. The van der Waals surface area contributed by atoms with E-state index in [0.717, 1.165) is 0 Å². The minimum atomic E-state index is -0.509. The Hall–Kier alpha value is -0.650. The lowest BCUT2D eigenvalue weighted by atomic mass is 10.2. The van der Waals surface area contributed by atoms with Crippen molar-refractivity contribution >= 4 is 5.91 Å². The van der Waals surface area contributed by atoms with Crippen LogP contribution in [0.15, 0.2) is 0 Å². The van der Waals surface area contributed by atoms with Crippen molar-refractivity contribution in [3.05, 3.63) is 0 Å². The van der Waals surface area contributed by atoms with Crippen molar-refractivity contribution < 1.29 is 14.3 Å². The molecule has 0 aromatic heterocycles. The molecule has 1 heterocycles. The zero-order valence-electron chi connectivity index (χ0n) is 8.00. The van der Waals surface area contributed by atoms with Gasteiger partial charge in [0.25, 0.3) is 0 Å². The molecule has 0 atom stereocenters. The highest BCUT2D eigenvalue weighted by molar-refractivity contribution is 5.75. The van der Waals surface area contributed by atoms with Crippen LogP contribution in [0.2, 0.25) is 0 Å². The average Bonchev–Trinajstić information content (AvgIpc) is 2.02. The summed E-state index contributed by atoms with van der Waals surface area (Å²) >= 11 is 0. The first kappa shape index (κ1) is 10.4. The Balaban J connectivity index is 2.21. The molecule has 0 spiro atoms. The Morgan fingerprint density at radius 3 is 2.54 bits per heavy atom. The van der Waals surface area contributed by atoms with Gasteiger partial charge in [0.1, 0.15) is 0 Å². The van der Waals surface area contributed by atoms with E-state index in [1.807, 2.05) is 13.8 Å². The van der Waals surface area contributed by atoms with E-state index in [9.17, 15) is 4.79 Å². The van der Waals surface area contributed by atoms with Gasteiger partial charge in [-0.3, -0.25) is 4.79 Å². The summed E-state index contributed by atoms with van der Waals surface area (Å²) in [6.07, 6.45) is 0. The molecule has 0 saturated carbocycles. The van der Waals surface area contributed by atoms with Crippen LogP contribution in [0.25, 0.3) is 0 Å². The van der Waals surface area contributed by atoms with Gasteiger partial charge in [-0.05, 0) is 13.8 Å². The van der Waals surface area contributed by atoms with Gasteiger partial charge in [-0.25, -0.2) is 0 Å². The predicted molar refractivity (Wildman–Crippen MR) is 47.0 cm³/mol. The van der Waals surface area contributed by atoms with Crippen LogP contribution in [-0.4, -0.2) is 37.5 Å². The van der Waals surface area contributed by atoms with Crippen LogP contribution in [-0.2, 0) is 14.3 Å². The monoisotopic (exact) mass is 188 g/mol. The molecule has 0 bridgehead atoms. The van der Waals surface area contributed by atoms with Gasteiger partial charge in [-0.1, -0.05) is 0 Å². The van der Waals surface area contributed by atoms with Crippen molar-refractivity contribution in [1.82, 2.24) is 5.32 Å². The minimum Gasteiger partial charge on any atom is -0.369 e. The number of hydrogen-bond acceptors (Lipinski definition) is 4. The lowest BCUT2D eigenvalue weighted by Gasteiger charge is -2.35. The molecule has 1 saturated heterocycles. The van der Waals surface area contributed by atoms with Crippen molar-refractivity contribution in [2.45, 2.75) is 25.7 Å². The Labute approximate surface area is 77.6 Å². The Kier molecular flexibility index (Phi) is 3.24. The molecule has 5 nitrogen and oxygen atoms in total. The minimum absolute atomic E-state index is 0.0560. The van der Waals surface area contributed by atoms with Crippen molar-refractivity contribution in [2.75, 3.05) is 19.8 Å². The van der Waals surface area contributed by atoms with E-state index in [-0.39, 0.29) is 18.5 Å². The second-order valence-corrected chi connectivity index (χ2v) is 3.57. The number of carbonyl (C=O) groups is 1. The summed E-state index contributed by atoms with van der Waals surface area (Å²) in [6, 6.07) is 0.0560. The smallest absolute Gasteiger partial charge is 0.231 e. The fourth-order valence-electron chi connectivity index (χ4n) is 1.06. The molecule has 1 amide bonds. The number of nitrogens with two attached hydrogens (primary N) is 1. The summed E-state index contributed by atoms with van der Waals surface area (Å²) in [7, 11) is 0. The fraction of sp³-hybridized carbons (Fsp3) is 0.875. The second-order valence-electron chi connectivity index (χ2n) is 3.57. The Bertz CT molecular complexity index is 184. The van der Waals surface area contributed by atoms with E-state index in [4.69, 9.17) is 15.2 Å². The molecule has 1 aliphatic heterocycles. The first-order valence-electron chi connectivity index (χ1n) is 4.29. The summed E-state index contributed by atoms with van der Waals surface area (Å²) < 4.78 is 10.7. The summed E-state index contributed by atoms with van der Waals surface area (Å²) in [4.78, 5) is 10.4. The largest absolute Gasteiger partial charge is 0.369 e. The summed E-state index contributed by atoms with van der Waals surface area (Å²) in [6.45, 7) is 4.97. The third-order valence-electron chi connectivity index (χ3n) is 1.83. The van der Waals surface area contributed by atoms with E-state index in [1.165, 1.54) is 0 Å². The quantitative estimate of drug-likeness (QED) is 0.609. The van der Waals surface area contributed by atoms with Gasteiger partial charge in [0, 0.05) is 0 Å². The van der Waals surface area contributed by atoms with Gasteiger partial charge in [0.2, 0.25) is 5.91 Å². The molecular formula is C8H16N2O3. The van der Waals surface area contributed by atoms with E-state index < -0.39 is 5.79 Å². The van der Waals surface area contributed by atoms with Gasteiger partial charge in [-0.15, -0.1) is 0 Å². The predicted octanol–water partition coefficient (Wildman–Crippen LogP) is -0.787. The van der Waals surface area contributed by atoms with Gasteiger partial charge in [0.15, 0.2) is 5.79 Å². The highest BCUT2D eigenvalue weighted by Crippen LogP contribution is 2.16. The first-order chi connectivity index (χ1) is 5.99. The SMILES string of the molecule is CC1(C)OCC(NCC(N)=O)CO1. The van der Waals surface area contributed by atoms with Crippen LogP contribution in [0.4, 0.5) is 0 Å². The molecule has 1 rings (SSSR count). The highest BCUT2D eigenvalue weighted by Gasteiger charge is 2.27. The molecule has 76 valence electrons. The molecule has 5 heteroatoms. The number of carbonyl (C=O) groups excluding carboxylic acids is 1. The maximum atomic E-state index is 10.4. The van der Waals surface area contributed by atoms with Crippen LogP contribution in [0.3, 0.4) is 0 Å². The zero-order valence-corrected chi connectivity index (χ0v) is 8.00. The third-order valence-corrected chi connectivity index (χ3v) is 1.83. The molecule has 3 N–H and O–H groups in total.